The summed E-state index contributed by atoms with van der Waals surface area (Å²) in [6.07, 6.45) is 7.29. The van der Waals surface area contributed by atoms with Crippen molar-refractivity contribution in [2.45, 2.75) is 45.6 Å². The summed E-state index contributed by atoms with van der Waals surface area (Å²) in [5.74, 6) is 0.745. The second kappa shape index (κ2) is 7.59. The molecule has 0 radical (unpaired) electrons. The molecule has 2 rings (SSSR count). The van der Waals surface area contributed by atoms with E-state index in [-0.39, 0.29) is 11.3 Å². The van der Waals surface area contributed by atoms with Crippen LogP contribution in [0, 0.1) is 5.92 Å². The van der Waals surface area contributed by atoms with E-state index in [0.29, 0.717) is 16.6 Å². The highest BCUT2D eigenvalue weighted by atomic mass is 32.1. The lowest BCUT2D eigenvalue weighted by molar-refractivity contribution is 0.265. The molecule has 1 aliphatic rings. The number of nitrogens with zero attached hydrogens (tertiary/aromatic N) is 1. The number of hydrogen-bond donors (Lipinski definition) is 3. The van der Waals surface area contributed by atoms with Crippen LogP contribution in [0.2, 0.25) is 0 Å². The molecule has 0 heterocycles. The third-order valence-corrected chi connectivity index (χ3v) is 4.59. The van der Waals surface area contributed by atoms with Crippen molar-refractivity contribution >= 4 is 23.5 Å². The van der Waals surface area contributed by atoms with Crippen LogP contribution < -0.4 is 10.7 Å². The molecule has 0 bridgehead atoms. The van der Waals surface area contributed by atoms with Gasteiger partial charge in [0.1, 0.15) is 5.75 Å². The first-order chi connectivity index (χ1) is 10.9. The fourth-order valence-electron chi connectivity index (χ4n) is 2.80. The number of hydrogen-bond acceptors (Lipinski definition) is 3. The van der Waals surface area contributed by atoms with E-state index in [4.69, 9.17) is 12.2 Å². The molecule has 0 saturated carbocycles. The van der Waals surface area contributed by atoms with E-state index in [1.807, 2.05) is 6.07 Å². The molecule has 3 N–H and O–H groups in total. The number of hydrazone groups is 1. The molecule has 1 aromatic rings. The zero-order valence-corrected chi connectivity index (χ0v) is 14.8. The van der Waals surface area contributed by atoms with Gasteiger partial charge in [-0.25, -0.2) is 0 Å². The Balaban J connectivity index is 1.88. The average molecular weight is 331 g/mol. The number of rotatable bonds is 4. The van der Waals surface area contributed by atoms with Gasteiger partial charge in [0.25, 0.3) is 0 Å². The van der Waals surface area contributed by atoms with Gasteiger partial charge in [-0.2, -0.15) is 5.10 Å². The van der Waals surface area contributed by atoms with E-state index in [1.54, 1.807) is 24.4 Å². The van der Waals surface area contributed by atoms with Crippen LogP contribution in [-0.2, 0) is 0 Å². The maximum atomic E-state index is 9.68. The number of benzene rings is 1. The number of phenolic OH excluding ortho intramolecular Hbond substituents is 1. The Kier molecular flexibility index (Phi) is 5.77. The van der Waals surface area contributed by atoms with Gasteiger partial charge in [-0.15, -0.1) is 0 Å². The van der Waals surface area contributed by atoms with Gasteiger partial charge in [-0.1, -0.05) is 23.8 Å². The van der Waals surface area contributed by atoms with E-state index in [1.165, 1.54) is 12.0 Å². The highest BCUT2D eigenvalue weighted by Gasteiger charge is 2.30. The Labute approximate surface area is 143 Å². The van der Waals surface area contributed by atoms with Gasteiger partial charge in [0.15, 0.2) is 5.11 Å². The minimum Gasteiger partial charge on any atom is -0.507 e. The standard InChI is InChI=1S/C18H25N3OS/c1-13-8-10-15(11-9-13)18(2,3)20-17(23)21-19-12-14-6-4-5-7-16(14)22/h4-8,12,15,22H,9-11H2,1-3H3,(H2,20,21,23)/b19-12+/t15-/m0/s1. The van der Waals surface area contributed by atoms with Crippen LogP contribution in [0.4, 0.5) is 0 Å². The lowest BCUT2D eigenvalue weighted by atomic mass is 9.77. The van der Waals surface area contributed by atoms with Crippen molar-refractivity contribution in [1.29, 1.82) is 0 Å². The summed E-state index contributed by atoms with van der Waals surface area (Å²) < 4.78 is 0. The van der Waals surface area contributed by atoms with Crippen LogP contribution >= 0.6 is 12.2 Å². The molecule has 0 spiro atoms. The zero-order valence-electron chi connectivity index (χ0n) is 14.0. The van der Waals surface area contributed by atoms with E-state index in [0.717, 1.165) is 12.8 Å². The van der Waals surface area contributed by atoms with Crippen LogP contribution in [0.3, 0.4) is 0 Å². The van der Waals surface area contributed by atoms with Crippen molar-refractivity contribution in [2.75, 3.05) is 0 Å². The van der Waals surface area contributed by atoms with Crippen molar-refractivity contribution in [2.24, 2.45) is 11.0 Å². The quantitative estimate of drug-likeness (QED) is 0.341. The fraction of sp³-hybridized carbons (Fsp3) is 0.444. The van der Waals surface area contributed by atoms with Gasteiger partial charge < -0.3 is 10.4 Å². The number of thiocarbonyl (C=S) groups is 1. The zero-order chi connectivity index (χ0) is 16.9. The number of allylic oxidation sites excluding steroid dienone is 2. The molecular weight excluding hydrogens is 306 g/mol. The lowest BCUT2D eigenvalue weighted by Crippen LogP contribution is -2.52. The molecule has 0 unspecified atom stereocenters. The summed E-state index contributed by atoms with van der Waals surface area (Å²) in [7, 11) is 0. The lowest BCUT2D eigenvalue weighted by Gasteiger charge is -2.37. The minimum atomic E-state index is -0.0916. The van der Waals surface area contributed by atoms with Crippen molar-refractivity contribution < 1.29 is 5.11 Å². The van der Waals surface area contributed by atoms with Crippen molar-refractivity contribution in [3.63, 3.8) is 0 Å². The van der Waals surface area contributed by atoms with Crippen molar-refractivity contribution in [3.8, 4) is 5.75 Å². The van der Waals surface area contributed by atoms with Gasteiger partial charge in [0.05, 0.1) is 6.21 Å². The second-order valence-electron chi connectivity index (χ2n) is 6.63. The summed E-state index contributed by atoms with van der Waals surface area (Å²) in [4.78, 5) is 0. The summed E-state index contributed by atoms with van der Waals surface area (Å²) in [6.45, 7) is 6.54. The molecule has 0 saturated heterocycles. The normalized spacial score (nSPS) is 18.6. The molecule has 0 aromatic heterocycles. The molecule has 23 heavy (non-hydrogen) atoms. The van der Waals surface area contributed by atoms with Crippen LogP contribution in [0.15, 0.2) is 41.0 Å². The molecule has 1 aliphatic carbocycles. The molecule has 1 aromatic carbocycles. The molecule has 4 nitrogen and oxygen atoms in total. The second-order valence-corrected chi connectivity index (χ2v) is 7.03. The predicted molar refractivity (Wildman–Crippen MR) is 99.7 cm³/mol. The fourth-order valence-corrected chi connectivity index (χ4v) is 3.12. The van der Waals surface area contributed by atoms with Crippen LogP contribution in [-0.4, -0.2) is 22.0 Å². The van der Waals surface area contributed by atoms with Crippen LogP contribution in [0.5, 0.6) is 5.75 Å². The van der Waals surface area contributed by atoms with Gasteiger partial charge in [-0.05, 0) is 70.3 Å². The molecule has 0 amide bonds. The summed E-state index contributed by atoms with van der Waals surface area (Å²) in [5.41, 5.74) is 4.86. The van der Waals surface area contributed by atoms with E-state index >= 15 is 0 Å². The highest BCUT2D eigenvalue weighted by molar-refractivity contribution is 7.80. The Morgan fingerprint density at radius 2 is 2.13 bits per heavy atom. The van der Waals surface area contributed by atoms with E-state index in [2.05, 4.69) is 42.7 Å². The number of aromatic hydroxyl groups is 1. The maximum absolute atomic E-state index is 9.68. The molecule has 5 heteroatoms. The first-order valence-corrected chi connectivity index (χ1v) is 8.34. The predicted octanol–water partition coefficient (Wildman–Crippen LogP) is 3.72. The summed E-state index contributed by atoms with van der Waals surface area (Å²) in [6, 6.07) is 7.03. The van der Waals surface area contributed by atoms with Gasteiger partial charge in [0.2, 0.25) is 0 Å². The Morgan fingerprint density at radius 1 is 1.39 bits per heavy atom. The Morgan fingerprint density at radius 3 is 2.78 bits per heavy atom. The summed E-state index contributed by atoms with van der Waals surface area (Å²) in [5, 5.41) is 17.6. The molecular formula is C18H25N3OS. The maximum Gasteiger partial charge on any atom is 0.187 e. The van der Waals surface area contributed by atoms with Crippen molar-refractivity contribution in [1.82, 2.24) is 10.7 Å². The highest BCUT2D eigenvalue weighted by Crippen LogP contribution is 2.31. The number of para-hydroxylation sites is 1. The third kappa shape index (κ3) is 5.06. The first-order valence-electron chi connectivity index (χ1n) is 7.93. The minimum absolute atomic E-state index is 0.0916. The average Bonchev–Trinajstić information content (AvgIpc) is 2.49. The van der Waals surface area contributed by atoms with Crippen molar-refractivity contribution in [3.05, 3.63) is 41.5 Å². The summed E-state index contributed by atoms with van der Waals surface area (Å²) >= 11 is 5.33. The Hall–Kier alpha value is -1.88. The Bertz CT molecular complexity index is 622. The van der Waals surface area contributed by atoms with Gasteiger partial charge in [0, 0.05) is 11.1 Å². The van der Waals surface area contributed by atoms with Crippen LogP contribution in [0.25, 0.3) is 0 Å². The molecule has 1 atom stereocenters. The van der Waals surface area contributed by atoms with Gasteiger partial charge in [-0.3, -0.25) is 5.43 Å². The SMILES string of the molecule is CC1=CC[C@H](C(C)(C)NC(=S)N/N=C/c2ccccc2O)CC1. The topological polar surface area (TPSA) is 56.7 Å². The number of nitrogens with one attached hydrogen (secondary N) is 2. The van der Waals surface area contributed by atoms with Crippen LogP contribution in [0.1, 0.15) is 45.6 Å². The van der Waals surface area contributed by atoms with E-state index < -0.39 is 0 Å². The number of phenols is 1. The monoisotopic (exact) mass is 331 g/mol. The third-order valence-electron chi connectivity index (χ3n) is 4.40. The largest absolute Gasteiger partial charge is 0.507 e. The molecule has 124 valence electrons. The van der Waals surface area contributed by atoms with Gasteiger partial charge >= 0.3 is 0 Å². The first kappa shape index (κ1) is 17.5. The van der Waals surface area contributed by atoms with E-state index in [9.17, 15) is 5.11 Å². The molecule has 0 fully saturated rings. The molecule has 0 aliphatic heterocycles. The smallest absolute Gasteiger partial charge is 0.187 e.